The first-order valence-corrected chi connectivity index (χ1v) is 6.92. The molecule has 1 aromatic carbocycles. The van der Waals surface area contributed by atoms with Crippen LogP contribution in [0.2, 0.25) is 0 Å². The Bertz CT molecular complexity index is 483. The van der Waals surface area contributed by atoms with Gasteiger partial charge in [0.1, 0.15) is 11.5 Å². The molecular weight excluding hydrogens is 260 g/mol. The minimum Gasteiger partial charge on any atom is -0.508 e. The molecule has 0 saturated carbocycles. The molecule has 1 aromatic rings. The predicted octanol–water partition coefficient (Wildman–Crippen LogP) is 1.84. The first kappa shape index (κ1) is 14.7. The number of hydrogen-bond donors (Lipinski definition) is 1. The summed E-state index contributed by atoms with van der Waals surface area (Å²) in [7, 11) is 0. The second kappa shape index (κ2) is 6.61. The first-order chi connectivity index (χ1) is 9.67. The molecule has 1 atom stereocenters. The van der Waals surface area contributed by atoms with E-state index in [-0.39, 0.29) is 11.7 Å². The lowest BCUT2D eigenvalue weighted by molar-refractivity contribution is -0.156. The zero-order valence-electron chi connectivity index (χ0n) is 11.8. The minimum absolute atomic E-state index is 0.241. The SMILES string of the molecule is CCOC(=O)C(Cc1ccc(O)c2c1OCC2)OCC. The van der Waals surface area contributed by atoms with Crippen LogP contribution in [0.3, 0.4) is 0 Å². The van der Waals surface area contributed by atoms with Gasteiger partial charge in [-0.1, -0.05) is 6.07 Å². The molecule has 1 aliphatic heterocycles. The quantitative estimate of drug-likeness (QED) is 0.805. The van der Waals surface area contributed by atoms with Gasteiger partial charge < -0.3 is 19.3 Å². The maximum atomic E-state index is 11.9. The van der Waals surface area contributed by atoms with Gasteiger partial charge in [0.25, 0.3) is 0 Å². The highest BCUT2D eigenvalue weighted by Crippen LogP contribution is 2.36. The van der Waals surface area contributed by atoms with E-state index in [0.29, 0.717) is 38.4 Å². The number of carbonyl (C=O) groups excluding carboxylic acids is 1. The van der Waals surface area contributed by atoms with Gasteiger partial charge in [-0.3, -0.25) is 0 Å². The molecule has 1 heterocycles. The van der Waals surface area contributed by atoms with Crippen LogP contribution in [0.5, 0.6) is 11.5 Å². The van der Waals surface area contributed by atoms with Crippen LogP contribution in [-0.2, 0) is 27.1 Å². The Labute approximate surface area is 118 Å². The Balaban J connectivity index is 2.19. The van der Waals surface area contributed by atoms with Crippen molar-refractivity contribution in [2.45, 2.75) is 32.8 Å². The van der Waals surface area contributed by atoms with Crippen molar-refractivity contribution in [3.05, 3.63) is 23.3 Å². The van der Waals surface area contributed by atoms with Crippen molar-refractivity contribution in [2.75, 3.05) is 19.8 Å². The molecule has 5 heteroatoms. The summed E-state index contributed by atoms with van der Waals surface area (Å²) >= 11 is 0. The van der Waals surface area contributed by atoms with E-state index in [2.05, 4.69) is 0 Å². The Morgan fingerprint density at radius 3 is 2.90 bits per heavy atom. The maximum Gasteiger partial charge on any atom is 0.335 e. The molecule has 1 unspecified atom stereocenters. The van der Waals surface area contributed by atoms with E-state index in [1.807, 2.05) is 6.92 Å². The highest BCUT2D eigenvalue weighted by Gasteiger charge is 2.26. The number of rotatable bonds is 6. The number of phenols is 1. The normalized spacial score (nSPS) is 14.5. The second-order valence-electron chi connectivity index (χ2n) is 4.55. The molecule has 1 N–H and O–H groups in total. The Kier molecular flexibility index (Phi) is 4.84. The van der Waals surface area contributed by atoms with Crippen LogP contribution in [-0.4, -0.2) is 37.0 Å². The molecule has 0 aromatic heterocycles. The highest BCUT2D eigenvalue weighted by atomic mass is 16.6. The van der Waals surface area contributed by atoms with Gasteiger partial charge in [0.05, 0.1) is 13.2 Å². The summed E-state index contributed by atoms with van der Waals surface area (Å²) < 4.78 is 16.0. The van der Waals surface area contributed by atoms with E-state index in [4.69, 9.17) is 14.2 Å². The average molecular weight is 280 g/mol. The van der Waals surface area contributed by atoms with Crippen LogP contribution in [0.25, 0.3) is 0 Å². The lowest BCUT2D eigenvalue weighted by atomic mass is 10.0. The zero-order valence-corrected chi connectivity index (χ0v) is 11.8. The third-order valence-electron chi connectivity index (χ3n) is 3.24. The summed E-state index contributed by atoms with van der Waals surface area (Å²) in [6.07, 6.45) is 0.431. The molecule has 5 nitrogen and oxygen atoms in total. The van der Waals surface area contributed by atoms with Gasteiger partial charge in [-0.2, -0.15) is 0 Å². The standard InChI is InChI=1S/C15H20O5/c1-3-18-13(15(17)19-4-2)9-10-5-6-12(16)11-7-8-20-14(10)11/h5-6,13,16H,3-4,7-9H2,1-2H3. The second-order valence-corrected chi connectivity index (χ2v) is 4.55. The number of esters is 1. The third-order valence-corrected chi connectivity index (χ3v) is 3.24. The van der Waals surface area contributed by atoms with Crippen LogP contribution in [0.4, 0.5) is 0 Å². The van der Waals surface area contributed by atoms with Gasteiger partial charge in [0.2, 0.25) is 0 Å². The van der Waals surface area contributed by atoms with Crippen molar-refractivity contribution in [1.82, 2.24) is 0 Å². The lowest BCUT2D eigenvalue weighted by Crippen LogP contribution is -2.29. The highest BCUT2D eigenvalue weighted by molar-refractivity contribution is 5.75. The van der Waals surface area contributed by atoms with Crippen LogP contribution in [0.15, 0.2) is 12.1 Å². The van der Waals surface area contributed by atoms with Crippen molar-refractivity contribution < 1.29 is 24.1 Å². The van der Waals surface area contributed by atoms with E-state index in [9.17, 15) is 9.90 Å². The summed E-state index contributed by atoms with van der Waals surface area (Å²) in [5, 5.41) is 9.78. The van der Waals surface area contributed by atoms with Crippen molar-refractivity contribution in [2.24, 2.45) is 0 Å². The Morgan fingerprint density at radius 2 is 2.20 bits per heavy atom. The summed E-state index contributed by atoms with van der Waals surface area (Å²) in [6, 6.07) is 3.40. The van der Waals surface area contributed by atoms with Crippen LogP contribution < -0.4 is 4.74 Å². The molecule has 1 aliphatic rings. The number of aromatic hydroxyl groups is 1. The molecule has 0 spiro atoms. The topological polar surface area (TPSA) is 65.0 Å². The van der Waals surface area contributed by atoms with E-state index < -0.39 is 6.10 Å². The van der Waals surface area contributed by atoms with E-state index in [0.717, 1.165) is 11.1 Å². The summed E-state index contributed by atoms with van der Waals surface area (Å²) in [6.45, 7) is 4.92. The van der Waals surface area contributed by atoms with E-state index in [1.165, 1.54) is 0 Å². The Hall–Kier alpha value is -1.75. The van der Waals surface area contributed by atoms with Gasteiger partial charge in [-0.25, -0.2) is 4.79 Å². The van der Waals surface area contributed by atoms with Crippen molar-refractivity contribution in [3.63, 3.8) is 0 Å². The fraction of sp³-hybridized carbons (Fsp3) is 0.533. The summed E-state index contributed by atoms with van der Waals surface area (Å²) in [5.74, 6) is 0.554. The number of benzene rings is 1. The van der Waals surface area contributed by atoms with Crippen LogP contribution >= 0.6 is 0 Å². The van der Waals surface area contributed by atoms with Gasteiger partial charge in [0.15, 0.2) is 6.10 Å². The largest absolute Gasteiger partial charge is 0.508 e. The molecule has 2 rings (SSSR count). The molecule has 0 amide bonds. The molecule has 0 saturated heterocycles. The Morgan fingerprint density at radius 1 is 1.40 bits per heavy atom. The molecule has 0 bridgehead atoms. The molecule has 0 aliphatic carbocycles. The van der Waals surface area contributed by atoms with Gasteiger partial charge in [0, 0.05) is 25.0 Å². The fourth-order valence-electron chi connectivity index (χ4n) is 2.35. The number of hydrogen-bond acceptors (Lipinski definition) is 5. The number of carbonyl (C=O) groups is 1. The maximum absolute atomic E-state index is 11.9. The lowest BCUT2D eigenvalue weighted by Gasteiger charge is -2.17. The summed E-state index contributed by atoms with van der Waals surface area (Å²) in [5.41, 5.74) is 1.67. The van der Waals surface area contributed by atoms with E-state index in [1.54, 1.807) is 19.1 Å². The zero-order chi connectivity index (χ0) is 14.5. The number of ether oxygens (including phenoxy) is 3. The number of phenolic OH excluding ortho intramolecular Hbond substituents is 1. The molecule has 0 fully saturated rings. The summed E-state index contributed by atoms with van der Waals surface area (Å²) in [4.78, 5) is 11.9. The van der Waals surface area contributed by atoms with Gasteiger partial charge >= 0.3 is 5.97 Å². The van der Waals surface area contributed by atoms with Crippen molar-refractivity contribution in [3.8, 4) is 11.5 Å². The molecule has 20 heavy (non-hydrogen) atoms. The monoisotopic (exact) mass is 280 g/mol. The first-order valence-electron chi connectivity index (χ1n) is 6.92. The molecular formula is C15H20O5. The molecule has 110 valence electrons. The van der Waals surface area contributed by atoms with Gasteiger partial charge in [-0.15, -0.1) is 0 Å². The van der Waals surface area contributed by atoms with E-state index >= 15 is 0 Å². The minimum atomic E-state index is -0.641. The predicted molar refractivity (Wildman–Crippen MR) is 73.1 cm³/mol. The number of fused-ring (bicyclic) bond motifs is 1. The average Bonchev–Trinajstić information content (AvgIpc) is 2.91. The van der Waals surface area contributed by atoms with Gasteiger partial charge in [-0.05, 0) is 25.5 Å². The smallest absolute Gasteiger partial charge is 0.335 e. The fourth-order valence-corrected chi connectivity index (χ4v) is 2.35. The van der Waals surface area contributed by atoms with Crippen molar-refractivity contribution >= 4 is 5.97 Å². The van der Waals surface area contributed by atoms with Crippen molar-refractivity contribution in [1.29, 1.82) is 0 Å². The van der Waals surface area contributed by atoms with Crippen LogP contribution in [0.1, 0.15) is 25.0 Å². The van der Waals surface area contributed by atoms with Crippen LogP contribution in [0, 0.1) is 0 Å². The molecule has 0 radical (unpaired) electrons. The third kappa shape index (κ3) is 3.04.